The number of hydrogen-bond acceptors (Lipinski definition) is 4. The Morgan fingerprint density at radius 1 is 1.29 bits per heavy atom. The van der Waals surface area contributed by atoms with Crippen molar-refractivity contribution in [2.75, 3.05) is 6.54 Å². The van der Waals surface area contributed by atoms with E-state index in [1.807, 2.05) is 6.07 Å². The van der Waals surface area contributed by atoms with Gasteiger partial charge in [-0.15, -0.1) is 0 Å². The molecule has 4 heteroatoms. The SMILES string of the molecule is OCc1ccc(CNCC(O)C2CCCC2)o1. The van der Waals surface area contributed by atoms with Crippen molar-refractivity contribution in [3.63, 3.8) is 0 Å². The summed E-state index contributed by atoms with van der Waals surface area (Å²) in [5.74, 6) is 1.85. The quantitative estimate of drug-likeness (QED) is 0.702. The molecule has 1 fully saturated rings. The molecule has 0 aliphatic heterocycles. The average Bonchev–Trinajstić information content (AvgIpc) is 3.00. The zero-order chi connectivity index (χ0) is 12.1. The Balaban J connectivity index is 1.68. The topological polar surface area (TPSA) is 65.6 Å². The Morgan fingerprint density at radius 3 is 2.65 bits per heavy atom. The van der Waals surface area contributed by atoms with E-state index >= 15 is 0 Å². The normalized spacial score (nSPS) is 18.7. The second-order valence-corrected chi connectivity index (χ2v) is 4.77. The predicted molar refractivity (Wildman–Crippen MR) is 64.3 cm³/mol. The van der Waals surface area contributed by atoms with Crippen molar-refractivity contribution >= 4 is 0 Å². The molecule has 17 heavy (non-hydrogen) atoms. The summed E-state index contributed by atoms with van der Waals surface area (Å²) in [5, 5.41) is 22.0. The highest BCUT2D eigenvalue weighted by atomic mass is 16.4. The van der Waals surface area contributed by atoms with Crippen LogP contribution >= 0.6 is 0 Å². The van der Waals surface area contributed by atoms with E-state index < -0.39 is 0 Å². The third kappa shape index (κ3) is 3.56. The van der Waals surface area contributed by atoms with E-state index in [-0.39, 0.29) is 12.7 Å². The van der Waals surface area contributed by atoms with Gasteiger partial charge in [0.1, 0.15) is 18.1 Å². The van der Waals surface area contributed by atoms with Gasteiger partial charge in [0.15, 0.2) is 0 Å². The fourth-order valence-electron chi connectivity index (χ4n) is 2.45. The number of hydrogen-bond donors (Lipinski definition) is 3. The summed E-state index contributed by atoms with van der Waals surface area (Å²) < 4.78 is 5.35. The van der Waals surface area contributed by atoms with E-state index in [1.54, 1.807) is 6.07 Å². The number of aliphatic hydroxyl groups excluding tert-OH is 2. The maximum atomic E-state index is 9.95. The van der Waals surface area contributed by atoms with Crippen LogP contribution in [0.2, 0.25) is 0 Å². The first-order chi connectivity index (χ1) is 8.29. The first-order valence-electron chi connectivity index (χ1n) is 6.37. The van der Waals surface area contributed by atoms with Crippen molar-refractivity contribution in [1.82, 2.24) is 5.32 Å². The minimum Gasteiger partial charge on any atom is -0.462 e. The molecule has 0 bridgehead atoms. The minimum absolute atomic E-state index is 0.0648. The zero-order valence-electron chi connectivity index (χ0n) is 10.1. The fraction of sp³-hybridized carbons (Fsp3) is 0.692. The summed E-state index contributed by atoms with van der Waals surface area (Å²) in [7, 11) is 0. The van der Waals surface area contributed by atoms with Gasteiger partial charge in [-0.3, -0.25) is 0 Å². The van der Waals surface area contributed by atoms with Gasteiger partial charge >= 0.3 is 0 Å². The largest absolute Gasteiger partial charge is 0.462 e. The summed E-state index contributed by atoms with van der Waals surface area (Å²) in [5.41, 5.74) is 0. The van der Waals surface area contributed by atoms with Gasteiger partial charge in [0.05, 0.1) is 12.6 Å². The van der Waals surface area contributed by atoms with Crippen LogP contribution < -0.4 is 5.32 Å². The van der Waals surface area contributed by atoms with Crippen molar-refractivity contribution in [3.05, 3.63) is 23.7 Å². The number of nitrogens with one attached hydrogen (secondary N) is 1. The Bertz CT molecular complexity index is 331. The summed E-state index contributed by atoms with van der Waals surface area (Å²) in [6, 6.07) is 3.62. The van der Waals surface area contributed by atoms with Crippen molar-refractivity contribution in [2.24, 2.45) is 5.92 Å². The van der Waals surface area contributed by atoms with Crippen LogP contribution in [0.3, 0.4) is 0 Å². The van der Waals surface area contributed by atoms with Gasteiger partial charge in [0, 0.05) is 6.54 Å². The maximum absolute atomic E-state index is 9.95. The fourth-order valence-corrected chi connectivity index (χ4v) is 2.45. The van der Waals surface area contributed by atoms with E-state index in [1.165, 1.54) is 12.8 Å². The van der Waals surface area contributed by atoms with Gasteiger partial charge in [0.2, 0.25) is 0 Å². The number of rotatable bonds is 6. The lowest BCUT2D eigenvalue weighted by Crippen LogP contribution is -2.31. The molecule has 96 valence electrons. The Labute approximate surface area is 102 Å². The van der Waals surface area contributed by atoms with Gasteiger partial charge in [-0.1, -0.05) is 12.8 Å². The second kappa shape index (κ2) is 6.19. The molecule has 1 aliphatic carbocycles. The number of furan rings is 1. The molecule has 1 aromatic rings. The summed E-state index contributed by atoms with van der Waals surface area (Å²) in [6.07, 6.45) is 4.56. The molecular formula is C13H21NO3. The highest BCUT2D eigenvalue weighted by molar-refractivity contribution is 5.06. The van der Waals surface area contributed by atoms with Crippen molar-refractivity contribution in [2.45, 2.75) is 44.9 Å². The lowest BCUT2D eigenvalue weighted by atomic mass is 10.0. The van der Waals surface area contributed by atoms with E-state index in [4.69, 9.17) is 9.52 Å². The predicted octanol–water partition coefficient (Wildman–Crippen LogP) is 1.41. The molecule has 1 aliphatic rings. The van der Waals surface area contributed by atoms with Gasteiger partial charge < -0.3 is 19.9 Å². The molecule has 1 unspecified atom stereocenters. The van der Waals surface area contributed by atoms with Crippen LogP contribution in [0.5, 0.6) is 0 Å². The molecule has 3 N–H and O–H groups in total. The lowest BCUT2D eigenvalue weighted by Gasteiger charge is -2.17. The van der Waals surface area contributed by atoms with Crippen molar-refractivity contribution in [3.8, 4) is 0 Å². The molecule has 4 nitrogen and oxygen atoms in total. The molecule has 2 rings (SSSR count). The van der Waals surface area contributed by atoms with E-state index in [0.717, 1.165) is 18.6 Å². The molecule has 1 aromatic heterocycles. The van der Waals surface area contributed by atoms with Crippen LogP contribution in [-0.2, 0) is 13.2 Å². The van der Waals surface area contributed by atoms with Crippen LogP contribution in [0, 0.1) is 5.92 Å². The highest BCUT2D eigenvalue weighted by Crippen LogP contribution is 2.27. The van der Waals surface area contributed by atoms with E-state index in [0.29, 0.717) is 24.8 Å². The van der Waals surface area contributed by atoms with Gasteiger partial charge in [0.25, 0.3) is 0 Å². The molecular weight excluding hydrogens is 218 g/mol. The molecule has 1 atom stereocenters. The van der Waals surface area contributed by atoms with Crippen LogP contribution in [-0.4, -0.2) is 22.9 Å². The average molecular weight is 239 g/mol. The third-order valence-corrected chi connectivity index (χ3v) is 3.47. The first kappa shape index (κ1) is 12.6. The van der Waals surface area contributed by atoms with Gasteiger partial charge in [-0.25, -0.2) is 0 Å². The Morgan fingerprint density at radius 2 is 2.00 bits per heavy atom. The molecule has 0 amide bonds. The monoisotopic (exact) mass is 239 g/mol. The summed E-state index contributed by atoms with van der Waals surface area (Å²) in [6.45, 7) is 1.15. The first-order valence-corrected chi connectivity index (χ1v) is 6.37. The van der Waals surface area contributed by atoms with Gasteiger partial charge in [-0.2, -0.15) is 0 Å². The second-order valence-electron chi connectivity index (χ2n) is 4.77. The Hall–Kier alpha value is -0.840. The van der Waals surface area contributed by atoms with Crippen molar-refractivity contribution < 1.29 is 14.6 Å². The van der Waals surface area contributed by atoms with Crippen LogP contribution in [0.25, 0.3) is 0 Å². The van der Waals surface area contributed by atoms with Crippen LogP contribution in [0.15, 0.2) is 16.5 Å². The lowest BCUT2D eigenvalue weighted by molar-refractivity contribution is 0.108. The van der Waals surface area contributed by atoms with Crippen LogP contribution in [0.1, 0.15) is 37.2 Å². The smallest absolute Gasteiger partial charge is 0.129 e. The molecule has 0 radical (unpaired) electrons. The molecule has 0 saturated heterocycles. The van der Waals surface area contributed by atoms with Crippen LogP contribution in [0.4, 0.5) is 0 Å². The summed E-state index contributed by atoms with van der Waals surface area (Å²) >= 11 is 0. The minimum atomic E-state index is -0.246. The molecule has 1 saturated carbocycles. The highest BCUT2D eigenvalue weighted by Gasteiger charge is 2.22. The Kier molecular flexibility index (Phi) is 4.59. The molecule has 0 spiro atoms. The maximum Gasteiger partial charge on any atom is 0.129 e. The zero-order valence-corrected chi connectivity index (χ0v) is 10.1. The van der Waals surface area contributed by atoms with E-state index in [9.17, 15) is 5.11 Å². The van der Waals surface area contributed by atoms with E-state index in [2.05, 4.69) is 5.32 Å². The standard InChI is InChI=1S/C13H21NO3/c15-9-12-6-5-11(17-12)7-14-8-13(16)10-3-1-2-4-10/h5-6,10,13-16H,1-4,7-9H2. The van der Waals surface area contributed by atoms with Crippen molar-refractivity contribution in [1.29, 1.82) is 0 Å². The summed E-state index contributed by atoms with van der Waals surface area (Å²) in [4.78, 5) is 0. The molecule has 1 heterocycles. The number of aliphatic hydroxyl groups is 2. The van der Waals surface area contributed by atoms with Gasteiger partial charge in [-0.05, 0) is 30.9 Å². The molecule has 0 aromatic carbocycles. The third-order valence-electron chi connectivity index (χ3n) is 3.47.